The molecule has 7 nitrogen and oxygen atoms in total. The van der Waals surface area contributed by atoms with Crippen LogP contribution >= 0.6 is 0 Å². The van der Waals surface area contributed by atoms with Gasteiger partial charge in [0.15, 0.2) is 11.5 Å². The summed E-state index contributed by atoms with van der Waals surface area (Å²) < 4.78 is 0. The number of carbonyl (C=O) groups excluding carboxylic acids is 2. The summed E-state index contributed by atoms with van der Waals surface area (Å²) in [4.78, 5) is 21.8. The van der Waals surface area contributed by atoms with Crippen LogP contribution in [-0.2, 0) is 16.1 Å². The van der Waals surface area contributed by atoms with Crippen molar-refractivity contribution in [3.05, 3.63) is 23.8 Å². The van der Waals surface area contributed by atoms with Crippen LogP contribution in [0.25, 0.3) is 0 Å². The van der Waals surface area contributed by atoms with Gasteiger partial charge in [-0.25, -0.2) is 0 Å². The lowest BCUT2D eigenvalue weighted by molar-refractivity contribution is -0.125. The van der Waals surface area contributed by atoms with E-state index in [0.717, 1.165) is 0 Å². The molecule has 0 aliphatic rings. The first kappa shape index (κ1) is 13.8. The van der Waals surface area contributed by atoms with Crippen LogP contribution in [0.3, 0.4) is 0 Å². The van der Waals surface area contributed by atoms with Crippen molar-refractivity contribution in [1.29, 1.82) is 0 Å². The van der Waals surface area contributed by atoms with Gasteiger partial charge >= 0.3 is 0 Å². The van der Waals surface area contributed by atoms with Crippen LogP contribution < -0.4 is 16.8 Å². The van der Waals surface area contributed by atoms with Crippen molar-refractivity contribution < 1.29 is 19.8 Å². The molecule has 1 atom stereocenters. The molecule has 0 heterocycles. The van der Waals surface area contributed by atoms with Crippen molar-refractivity contribution in [2.75, 3.05) is 0 Å². The molecule has 0 aromatic heterocycles. The van der Waals surface area contributed by atoms with E-state index in [4.69, 9.17) is 16.6 Å². The van der Waals surface area contributed by atoms with Gasteiger partial charge in [0, 0.05) is 6.54 Å². The lowest BCUT2D eigenvalue weighted by Crippen LogP contribution is -2.43. The maximum atomic E-state index is 11.0. The maximum absolute atomic E-state index is 11.0. The SMILES string of the molecule is NC(=O)C[C@H](NCc1ccc(O)c(O)c1)C(N)=O. The third-order valence-corrected chi connectivity index (χ3v) is 2.34. The van der Waals surface area contributed by atoms with E-state index in [0.29, 0.717) is 5.56 Å². The number of nitrogens with one attached hydrogen (secondary N) is 1. The van der Waals surface area contributed by atoms with Gasteiger partial charge in [-0.15, -0.1) is 0 Å². The predicted octanol–water partition coefficient (Wildman–Crippen LogP) is -1.08. The number of benzene rings is 1. The monoisotopic (exact) mass is 253 g/mol. The van der Waals surface area contributed by atoms with E-state index in [1.54, 1.807) is 6.07 Å². The molecule has 0 fully saturated rings. The first-order valence-corrected chi connectivity index (χ1v) is 5.22. The molecule has 0 aliphatic heterocycles. The van der Waals surface area contributed by atoms with Crippen molar-refractivity contribution in [3.8, 4) is 11.5 Å². The molecule has 0 saturated heterocycles. The summed E-state index contributed by atoms with van der Waals surface area (Å²) in [7, 11) is 0. The van der Waals surface area contributed by atoms with Gasteiger partial charge < -0.3 is 27.0 Å². The summed E-state index contributed by atoms with van der Waals surface area (Å²) in [6.45, 7) is 0.203. The molecule has 1 aromatic rings. The molecule has 0 saturated carbocycles. The van der Waals surface area contributed by atoms with E-state index in [1.165, 1.54) is 12.1 Å². The van der Waals surface area contributed by atoms with Gasteiger partial charge in [-0.1, -0.05) is 6.07 Å². The van der Waals surface area contributed by atoms with Crippen LogP contribution in [0.2, 0.25) is 0 Å². The summed E-state index contributed by atoms with van der Waals surface area (Å²) in [6.07, 6.45) is -0.195. The highest BCUT2D eigenvalue weighted by molar-refractivity contribution is 5.86. The van der Waals surface area contributed by atoms with Crippen LogP contribution in [-0.4, -0.2) is 28.1 Å². The van der Waals surface area contributed by atoms with Crippen LogP contribution in [0.1, 0.15) is 12.0 Å². The molecule has 1 aromatic carbocycles. The van der Waals surface area contributed by atoms with Gasteiger partial charge in [0.05, 0.1) is 12.5 Å². The topological polar surface area (TPSA) is 139 Å². The third kappa shape index (κ3) is 3.95. The second kappa shape index (κ2) is 5.87. The van der Waals surface area contributed by atoms with Crippen LogP contribution in [0.15, 0.2) is 18.2 Å². The maximum Gasteiger partial charge on any atom is 0.235 e. The minimum Gasteiger partial charge on any atom is -0.504 e. The zero-order chi connectivity index (χ0) is 13.7. The number of primary amides is 2. The summed E-state index contributed by atoms with van der Waals surface area (Å²) in [5.74, 6) is -1.82. The van der Waals surface area contributed by atoms with Crippen LogP contribution in [0.5, 0.6) is 11.5 Å². The Morgan fingerprint density at radius 2 is 1.89 bits per heavy atom. The Hall–Kier alpha value is -2.28. The minimum absolute atomic E-state index is 0.195. The molecule has 98 valence electrons. The van der Waals surface area contributed by atoms with Crippen molar-refractivity contribution in [3.63, 3.8) is 0 Å². The Kier molecular flexibility index (Phi) is 4.50. The number of aromatic hydroxyl groups is 2. The number of nitrogens with two attached hydrogens (primary N) is 2. The second-order valence-corrected chi connectivity index (χ2v) is 3.83. The molecule has 0 bridgehead atoms. The van der Waals surface area contributed by atoms with Gasteiger partial charge in [-0.3, -0.25) is 9.59 Å². The molecule has 0 spiro atoms. The molecule has 7 N–H and O–H groups in total. The van der Waals surface area contributed by atoms with Gasteiger partial charge in [0.1, 0.15) is 0 Å². The number of hydrogen-bond donors (Lipinski definition) is 5. The molecule has 1 rings (SSSR count). The van der Waals surface area contributed by atoms with E-state index in [1.807, 2.05) is 0 Å². The Morgan fingerprint density at radius 1 is 1.22 bits per heavy atom. The second-order valence-electron chi connectivity index (χ2n) is 3.83. The van der Waals surface area contributed by atoms with E-state index in [2.05, 4.69) is 5.32 Å². The summed E-state index contributed by atoms with van der Waals surface area (Å²) in [5, 5.41) is 21.1. The summed E-state index contributed by atoms with van der Waals surface area (Å²) in [6, 6.07) is 3.35. The van der Waals surface area contributed by atoms with Crippen molar-refractivity contribution in [1.82, 2.24) is 5.32 Å². The van der Waals surface area contributed by atoms with Crippen LogP contribution in [0.4, 0.5) is 0 Å². The average molecular weight is 253 g/mol. The Morgan fingerprint density at radius 3 is 2.39 bits per heavy atom. The van der Waals surface area contributed by atoms with E-state index in [-0.39, 0.29) is 24.5 Å². The zero-order valence-electron chi connectivity index (χ0n) is 9.59. The first-order valence-electron chi connectivity index (χ1n) is 5.22. The molecule has 18 heavy (non-hydrogen) atoms. The molecule has 7 heteroatoms. The molecular formula is C11H15N3O4. The highest BCUT2D eigenvalue weighted by atomic mass is 16.3. The van der Waals surface area contributed by atoms with Crippen molar-refractivity contribution in [2.24, 2.45) is 11.5 Å². The van der Waals surface area contributed by atoms with Gasteiger partial charge in [-0.05, 0) is 17.7 Å². The lowest BCUT2D eigenvalue weighted by atomic mass is 10.1. The molecule has 0 unspecified atom stereocenters. The quantitative estimate of drug-likeness (QED) is 0.410. The number of rotatable bonds is 6. The smallest absolute Gasteiger partial charge is 0.235 e. The number of phenolic OH excluding ortho intramolecular Hbond substituents is 2. The fraction of sp³-hybridized carbons (Fsp3) is 0.273. The van der Waals surface area contributed by atoms with Gasteiger partial charge in [0.2, 0.25) is 11.8 Å². The molecule has 2 amide bonds. The van der Waals surface area contributed by atoms with Gasteiger partial charge in [-0.2, -0.15) is 0 Å². The van der Waals surface area contributed by atoms with Crippen LogP contribution in [0, 0.1) is 0 Å². The Bertz CT molecular complexity index is 462. The third-order valence-electron chi connectivity index (χ3n) is 2.34. The molecular weight excluding hydrogens is 238 g/mol. The largest absolute Gasteiger partial charge is 0.504 e. The predicted molar refractivity (Wildman–Crippen MR) is 63.4 cm³/mol. The standard InChI is InChI=1S/C11H15N3O4/c12-10(17)4-7(11(13)18)14-5-6-1-2-8(15)9(16)3-6/h1-3,7,14-16H,4-5H2,(H2,12,17)(H2,13,18)/t7-/m0/s1. The zero-order valence-corrected chi connectivity index (χ0v) is 9.59. The number of hydrogen-bond acceptors (Lipinski definition) is 5. The number of amides is 2. The number of phenols is 2. The summed E-state index contributed by atoms with van der Waals surface area (Å²) in [5.41, 5.74) is 10.7. The van der Waals surface area contributed by atoms with Crippen molar-refractivity contribution >= 4 is 11.8 Å². The number of carbonyl (C=O) groups is 2. The highest BCUT2D eigenvalue weighted by Gasteiger charge is 2.17. The Balaban J connectivity index is 2.64. The molecule has 0 aliphatic carbocycles. The average Bonchev–Trinajstić information content (AvgIpc) is 2.28. The van der Waals surface area contributed by atoms with E-state index >= 15 is 0 Å². The highest BCUT2D eigenvalue weighted by Crippen LogP contribution is 2.24. The molecule has 0 radical (unpaired) electrons. The fourth-order valence-electron chi connectivity index (χ4n) is 1.39. The first-order chi connectivity index (χ1) is 8.40. The van der Waals surface area contributed by atoms with Gasteiger partial charge in [0.25, 0.3) is 0 Å². The Labute approximate surface area is 103 Å². The fourth-order valence-corrected chi connectivity index (χ4v) is 1.39. The lowest BCUT2D eigenvalue weighted by Gasteiger charge is -2.13. The minimum atomic E-state index is -0.863. The summed E-state index contributed by atoms with van der Waals surface area (Å²) >= 11 is 0. The van der Waals surface area contributed by atoms with Crippen molar-refractivity contribution in [2.45, 2.75) is 19.0 Å². The van der Waals surface area contributed by atoms with E-state index < -0.39 is 17.9 Å². The normalized spacial score (nSPS) is 12.0. The van der Waals surface area contributed by atoms with E-state index in [9.17, 15) is 14.7 Å².